The Hall–Kier alpha value is -0.960. The molecule has 0 aliphatic carbocycles. The Bertz CT molecular complexity index is 622. The summed E-state index contributed by atoms with van der Waals surface area (Å²) in [6, 6.07) is 2.04. The van der Waals surface area contributed by atoms with Crippen LogP contribution in [0.2, 0.25) is 0 Å². The highest BCUT2D eigenvalue weighted by molar-refractivity contribution is 7.86. The van der Waals surface area contributed by atoms with Crippen molar-refractivity contribution in [1.29, 1.82) is 0 Å². The second kappa shape index (κ2) is 6.88. The minimum Gasteiger partial charge on any atom is -0.303 e. The van der Waals surface area contributed by atoms with E-state index in [1.807, 2.05) is 10.7 Å². The maximum absolute atomic E-state index is 12.5. The summed E-state index contributed by atoms with van der Waals surface area (Å²) in [6.07, 6.45) is 6.60. The van der Waals surface area contributed by atoms with Crippen LogP contribution in [0.15, 0.2) is 12.3 Å². The minimum atomic E-state index is -3.38. The normalized spacial score (nSPS) is 24.0. The second-order valence-corrected chi connectivity index (χ2v) is 8.84. The quantitative estimate of drug-likeness (QED) is 0.799. The first kappa shape index (κ1) is 16.9. The molecule has 0 saturated carbocycles. The Morgan fingerprint density at radius 3 is 2.70 bits per heavy atom. The lowest BCUT2D eigenvalue weighted by Crippen LogP contribution is -2.46. The van der Waals surface area contributed by atoms with E-state index in [1.165, 1.54) is 36.7 Å². The summed E-state index contributed by atoms with van der Waals surface area (Å²) in [5, 5.41) is 4.43. The van der Waals surface area contributed by atoms with Gasteiger partial charge in [-0.05, 0) is 38.4 Å². The van der Waals surface area contributed by atoms with Crippen LogP contribution >= 0.6 is 0 Å². The SMILES string of the molecule is CN(C)S(=O)(=O)N1Cc2ccnn2[C@H](CCN2CCCCC2)C1. The van der Waals surface area contributed by atoms with Gasteiger partial charge in [-0.2, -0.15) is 22.1 Å². The van der Waals surface area contributed by atoms with Crippen LogP contribution in [0.5, 0.6) is 0 Å². The van der Waals surface area contributed by atoms with Gasteiger partial charge in [-0.25, -0.2) is 0 Å². The summed E-state index contributed by atoms with van der Waals surface area (Å²) in [7, 11) is -0.210. The first-order valence-corrected chi connectivity index (χ1v) is 9.80. The molecule has 0 radical (unpaired) electrons. The van der Waals surface area contributed by atoms with Gasteiger partial charge in [-0.1, -0.05) is 6.42 Å². The molecule has 0 aromatic carbocycles. The average molecular weight is 341 g/mol. The maximum Gasteiger partial charge on any atom is 0.281 e. The van der Waals surface area contributed by atoms with Crippen LogP contribution in [0, 0.1) is 0 Å². The highest BCUT2D eigenvalue weighted by Gasteiger charge is 2.34. The fourth-order valence-electron chi connectivity index (χ4n) is 3.49. The van der Waals surface area contributed by atoms with E-state index in [0.717, 1.165) is 18.7 Å². The van der Waals surface area contributed by atoms with E-state index in [-0.39, 0.29) is 6.04 Å². The molecule has 8 heteroatoms. The van der Waals surface area contributed by atoms with Crippen LogP contribution in [-0.2, 0) is 16.8 Å². The van der Waals surface area contributed by atoms with Crippen LogP contribution < -0.4 is 0 Å². The highest BCUT2D eigenvalue weighted by atomic mass is 32.2. The van der Waals surface area contributed by atoms with E-state index in [2.05, 4.69) is 10.00 Å². The summed E-state index contributed by atoms with van der Waals surface area (Å²) in [5.41, 5.74) is 0.977. The van der Waals surface area contributed by atoms with E-state index < -0.39 is 10.2 Å². The van der Waals surface area contributed by atoms with Gasteiger partial charge in [0.2, 0.25) is 0 Å². The van der Waals surface area contributed by atoms with E-state index in [9.17, 15) is 8.42 Å². The van der Waals surface area contributed by atoms with E-state index >= 15 is 0 Å². The van der Waals surface area contributed by atoms with Gasteiger partial charge in [0.1, 0.15) is 0 Å². The Labute approximate surface area is 139 Å². The highest BCUT2D eigenvalue weighted by Crippen LogP contribution is 2.26. The summed E-state index contributed by atoms with van der Waals surface area (Å²) >= 11 is 0. The lowest BCUT2D eigenvalue weighted by molar-refractivity contribution is 0.186. The van der Waals surface area contributed by atoms with Crippen LogP contribution in [0.4, 0.5) is 0 Å². The lowest BCUT2D eigenvalue weighted by Gasteiger charge is -2.35. The number of hydrogen-bond donors (Lipinski definition) is 0. The molecule has 2 aliphatic heterocycles. The van der Waals surface area contributed by atoms with Crippen molar-refractivity contribution in [2.45, 2.75) is 38.3 Å². The Morgan fingerprint density at radius 2 is 2.00 bits per heavy atom. The molecule has 0 amide bonds. The Balaban J connectivity index is 1.71. The molecule has 0 unspecified atom stereocenters. The van der Waals surface area contributed by atoms with E-state index in [0.29, 0.717) is 13.1 Å². The largest absolute Gasteiger partial charge is 0.303 e. The minimum absolute atomic E-state index is 0.116. The van der Waals surface area contributed by atoms with Crippen LogP contribution in [-0.4, -0.2) is 72.0 Å². The Morgan fingerprint density at radius 1 is 1.26 bits per heavy atom. The van der Waals surface area contributed by atoms with Crippen LogP contribution in [0.3, 0.4) is 0 Å². The molecule has 0 bridgehead atoms. The number of rotatable bonds is 5. The molecule has 3 heterocycles. The van der Waals surface area contributed by atoms with E-state index in [1.54, 1.807) is 24.6 Å². The maximum atomic E-state index is 12.5. The van der Waals surface area contributed by atoms with Crippen molar-refractivity contribution in [3.8, 4) is 0 Å². The third-order valence-corrected chi connectivity index (χ3v) is 6.72. The molecular formula is C15H27N5O2S. The number of piperidine rings is 1. The third kappa shape index (κ3) is 3.60. The fraction of sp³-hybridized carbons (Fsp3) is 0.800. The van der Waals surface area contributed by atoms with Crippen LogP contribution in [0.1, 0.15) is 37.4 Å². The predicted octanol–water partition coefficient (Wildman–Crippen LogP) is 0.922. The average Bonchev–Trinajstić information content (AvgIpc) is 3.02. The molecule has 7 nitrogen and oxygen atoms in total. The smallest absolute Gasteiger partial charge is 0.281 e. The van der Waals surface area contributed by atoms with Crippen molar-refractivity contribution >= 4 is 10.2 Å². The number of aromatic nitrogens is 2. The van der Waals surface area contributed by atoms with Gasteiger partial charge in [0.25, 0.3) is 10.2 Å². The van der Waals surface area contributed by atoms with Crippen molar-refractivity contribution in [3.05, 3.63) is 18.0 Å². The molecule has 0 N–H and O–H groups in total. The fourth-order valence-corrected chi connectivity index (χ4v) is 4.61. The van der Waals surface area contributed by atoms with Gasteiger partial charge in [0, 0.05) is 33.4 Å². The lowest BCUT2D eigenvalue weighted by atomic mass is 10.1. The molecule has 3 rings (SSSR count). The summed E-state index contributed by atoms with van der Waals surface area (Å²) < 4.78 is 29.8. The van der Waals surface area contributed by atoms with E-state index in [4.69, 9.17) is 0 Å². The van der Waals surface area contributed by atoms with Crippen molar-refractivity contribution in [3.63, 3.8) is 0 Å². The molecule has 1 fully saturated rings. The standard InChI is InChI=1S/C15H27N5O2S/c1-17(2)23(21,22)19-12-14-6-8-16-20(14)15(13-19)7-11-18-9-4-3-5-10-18/h6,8,15H,3-5,7,9-13H2,1-2H3/t15-/m1/s1. The van der Waals surface area contributed by atoms with Gasteiger partial charge in [-0.15, -0.1) is 0 Å². The molecule has 2 aliphatic rings. The van der Waals surface area contributed by atoms with Gasteiger partial charge in [0.05, 0.1) is 18.3 Å². The summed E-state index contributed by atoms with van der Waals surface area (Å²) in [4.78, 5) is 2.49. The molecule has 23 heavy (non-hydrogen) atoms. The van der Waals surface area contributed by atoms with Crippen molar-refractivity contribution < 1.29 is 8.42 Å². The monoisotopic (exact) mass is 341 g/mol. The zero-order chi connectivity index (χ0) is 16.4. The first-order chi connectivity index (χ1) is 11.0. The molecule has 1 aromatic rings. The topological polar surface area (TPSA) is 61.7 Å². The summed E-state index contributed by atoms with van der Waals surface area (Å²) in [5.74, 6) is 0. The molecule has 130 valence electrons. The molecular weight excluding hydrogens is 314 g/mol. The first-order valence-electron chi connectivity index (χ1n) is 8.41. The summed E-state index contributed by atoms with van der Waals surface area (Å²) in [6.45, 7) is 4.25. The van der Waals surface area contributed by atoms with Gasteiger partial charge < -0.3 is 4.90 Å². The molecule has 0 spiro atoms. The van der Waals surface area contributed by atoms with Gasteiger partial charge >= 0.3 is 0 Å². The Kier molecular flexibility index (Phi) is 5.05. The molecule has 1 atom stereocenters. The predicted molar refractivity (Wildman–Crippen MR) is 89.2 cm³/mol. The van der Waals surface area contributed by atoms with Gasteiger partial charge in [0.15, 0.2) is 0 Å². The van der Waals surface area contributed by atoms with Crippen molar-refractivity contribution in [2.24, 2.45) is 0 Å². The number of fused-ring (bicyclic) bond motifs is 1. The third-order valence-electron chi connectivity index (χ3n) is 4.87. The van der Waals surface area contributed by atoms with Crippen molar-refractivity contribution in [2.75, 3.05) is 40.3 Å². The zero-order valence-electron chi connectivity index (χ0n) is 14.1. The number of hydrogen-bond acceptors (Lipinski definition) is 4. The molecule has 1 aromatic heterocycles. The van der Waals surface area contributed by atoms with Gasteiger partial charge in [-0.3, -0.25) is 4.68 Å². The number of likely N-dealkylation sites (tertiary alicyclic amines) is 1. The van der Waals surface area contributed by atoms with Crippen LogP contribution in [0.25, 0.3) is 0 Å². The zero-order valence-corrected chi connectivity index (χ0v) is 14.9. The molecule has 1 saturated heterocycles. The second-order valence-electron chi connectivity index (χ2n) is 6.69. The number of nitrogens with zero attached hydrogens (tertiary/aromatic N) is 5. The van der Waals surface area contributed by atoms with Crippen molar-refractivity contribution in [1.82, 2.24) is 23.3 Å².